The minimum absolute atomic E-state index is 0.498. The van der Waals surface area contributed by atoms with E-state index in [1.807, 2.05) is 0 Å². The quantitative estimate of drug-likeness (QED) is 0.915. The molecule has 1 aromatic heterocycles. The number of rotatable bonds is 2. The smallest absolute Gasteiger partial charge is 0.0926 e. The van der Waals surface area contributed by atoms with E-state index in [1.165, 1.54) is 36.8 Å². The lowest BCUT2D eigenvalue weighted by Gasteiger charge is -2.34. The van der Waals surface area contributed by atoms with E-state index in [2.05, 4.69) is 60.2 Å². The molecule has 0 saturated carbocycles. The van der Waals surface area contributed by atoms with E-state index in [0.29, 0.717) is 18.0 Å². The van der Waals surface area contributed by atoms with Gasteiger partial charge in [-0.15, -0.1) is 0 Å². The van der Waals surface area contributed by atoms with E-state index in [4.69, 9.17) is 5.10 Å². The summed E-state index contributed by atoms with van der Waals surface area (Å²) in [6.07, 6.45) is 6.00. The second-order valence-electron chi connectivity index (χ2n) is 8.17. The number of aromatic nitrogens is 2. The number of benzene rings is 1. The summed E-state index contributed by atoms with van der Waals surface area (Å²) in [7, 11) is 2.22. The molecular formula is C20H30N4. The van der Waals surface area contributed by atoms with Crippen molar-refractivity contribution < 1.29 is 0 Å². The monoisotopic (exact) mass is 326 g/mol. The highest BCUT2D eigenvalue weighted by Gasteiger charge is 2.26. The summed E-state index contributed by atoms with van der Waals surface area (Å²) in [4.78, 5) is 2.43. The number of hydrogen-bond donors (Lipinski definition) is 1. The van der Waals surface area contributed by atoms with Gasteiger partial charge in [0.25, 0.3) is 0 Å². The van der Waals surface area contributed by atoms with Crippen molar-refractivity contribution in [1.29, 1.82) is 0 Å². The molecule has 130 valence electrons. The molecule has 0 spiro atoms. The third-order valence-corrected chi connectivity index (χ3v) is 6.02. The number of likely N-dealkylation sites (tertiary alicyclic amines) is 1. The Hall–Kier alpha value is -1.39. The fourth-order valence-electron chi connectivity index (χ4n) is 4.46. The fraction of sp³-hybridized carbons (Fsp3) is 0.650. The van der Waals surface area contributed by atoms with E-state index in [1.54, 1.807) is 0 Å². The Morgan fingerprint density at radius 3 is 2.79 bits per heavy atom. The summed E-state index contributed by atoms with van der Waals surface area (Å²) in [5.41, 5.74) is 2.55. The Morgan fingerprint density at radius 2 is 2.04 bits per heavy atom. The van der Waals surface area contributed by atoms with Crippen molar-refractivity contribution in [2.75, 3.05) is 26.7 Å². The molecule has 0 aliphatic carbocycles. The Morgan fingerprint density at radius 1 is 1.17 bits per heavy atom. The van der Waals surface area contributed by atoms with E-state index in [-0.39, 0.29) is 0 Å². The first kappa shape index (κ1) is 16.1. The lowest BCUT2D eigenvalue weighted by molar-refractivity contribution is 0.151. The third-order valence-electron chi connectivity index (χ3n) is 6.02. The fourth-order valence-corrected chi connectivity index (χ4v) is 4.46. The van der Waals surface area contributed by atoms with Crippen LogP contribution in [0.4, 0.5) is 0 Å². The Labute approximate surface area is 145 Å². The predicted molar refractivity (Wildman–Crippen MR) is 99.2 cm³/mol. The van der Waals surface area contributed by atoms with Gasteiger partial charge in [0.1, 0.15) is 0 Å². The lowest BCUT2D eigenvalue weighted by Crippen LogP contribution is -2.37. The second-order valence-corrected chi connectivity index (χ2v) is 8.17. The predicted octanol–water partition coefficient (Wildman–Crippen LogP) is 3.61. The molecule has 2 aliphatic heterocycles. The highest BCUT2D eigenvalue weighted by Crippen LogP contribution is 2.30. The summed E-state index contributed by atoms with van der Waals surface area (Å²) < 4.78 is 2.24. The van der Waals surface area contributed by atoms with Crippen LogP contribution in [0.2, 0.25) is 0 Å². The van der Waals surface area contributed by atoms with Gasteiger partial charge in [-0.25, -0.2) is 0 Å². The van der Waals surface area contributed by atoms with Gasteiger partial charge >= 0.3 is 0 Å². The van der Waals surface area contributed by atoms with Crippen LogP contribution < -0.4 is 5.32 Å². The van der Waals surface area contributed by atoms with E-state index < -0.39 is 0 Å². The van der Waals surface area contributed by atoms with Gasteiger partial charge in [-0.1, -0.05) is 26.0 Å². The number of piperidine rings is 2. The van der Waals surface area contributed by atoms with Crippen molar-refractivity contribution >= 4 is 10.9 Å². The zero-order valence-corrected chi connectivity index (χ0v) is 15.2. The van der Waals surface area contributed by atoms with Crippen molar-refractivity contribution in [2.45, 2.75) is 45.2 Å². The first-order chi connectivity index (χ1) is 11.6. The van der Waals surface area contributed by atoms with Crippen LogP contribution in [0.25, 0.3) is 10.9 Å². The van der Waals surface area contributed by atoms with Crippen LogP contribution in [0.15, 0.2) is 24.4 Å². The van der Waals surface area contributed by atoms with Gasteiger partial charge < -0.3 is 10.2 Å². The van der Waals surface area contributed by atoms with Gasteiger partial charge in [-0.3, -0.25) is 4.68 Å². The van der Waals surface area contributed by atoms with Gasteiger partial charge in [-0.05, 0) is 62.9 Å². The van der Waals surface area contributed by atoms with Crippen molar-refractivity contribution in [3.8, 4) is 0 Å². The molecule has 2 aromatic rings. The maximum atomic E-state index is 4.95. The number of nitrogens with one attached hydrogen (secondary N) is 1. The van der Waals surface area contributed by atoms with Crippen LogP contribution in [-0.2, 0) is 0 Å². The van der Waals surface area contributed by atoms with Crippen LogP contribution in [0.3, 0.4) is 0 Å². The zero-order valence-electron chi connectivity index (χ0n) is 15.2. The van der Waals surface area contributed by atoms with Gasteiger partial charge in [-0.2, -0.15) is 5.10 Å². The molecule has 1 N–H and O–H groups in total. The van der Waals surface area contributed by atoms with Crippen molar-refractivity contribution in [3.05, 3.63) is 30.0 Å². The molecule has 0 bridgehead atoms. The summed E-state index contributed by atoms with van der Waals surface area (Å²) in [6, 6.07) is 7.89. The molecule has 1 aromatic carbocycles. The summed E-state index contributed by atoms with van der Waals surface area (Å²) in [6.45, 7) is 8.14. The molecule has 4 atom stereocenters. The molecule has 2 saturated heterocycles. The minimum atomic E-state index is 0.498. The molecule has 0 amide bonds. The molecule has 4 nitrogen and oxygen atoms in total. The molecule has 4 heteroatoms. The normalized spacial score (nSPS) is 32.3. The number of fused-ring (bicyclic) bond motifs is 1. The summed E-state index contributed by atoms with van der Waals surface area (Å²) >= 11 is 0. The third kappa shape index (κ3) is 3.09. The maximum Gasteiger partial charge on any atom is 0.0926 e. The van der Waals surface area contributed by atoms with Gasteiger partial charge in [0.15, 0.2) is 0 Å². The van der Waals surface area contributed by atoms with Crippen molar-refractivity contribution in [2.24, 2.45) is 11.8 Å². The zero-order chi connectivity index (χ0) is 16.7. The SMILES string of the molecule is C[C@H]1CC[C@H](c2ccc3cn([C@H]4CCN(C)C[C@@H]4C)nc3c2)NC1. The number of hydrogen-bond acceptors (Lipinski definition) is 3. The van der Waals surface area contributed by atoms with Crippen LogP contribution in [0.5, 0.6) is 0 Å². The topological polar surface area (TPSA) is 33.1 Å². The molecule has 2 fully saturated rings. The molecule has 0 radical (unpaired) electrons. The van der Waals surface area contributed by atoms with E-state index in [9.17, 15) is 0 Å². The minimum Gasteiger partial charge on any atom is -0.310 e. The first-order valence-corrected chi connectivity index (χ1v) is 9.51. The van der Waals surface area contributed by atoms with Crippen molar-refractivity contribution in [3.63, 3.8) is 0 Å². The molecule has 4 rings (SSSR count). The Bertz CT molecular complexity index is 699. The molecule has 0 unspecified atom stereocenters. The second kappa shape index (κ2) is 6.49. The number of nitrogens with zero attached hydrogens (tertiary/aromatic N) is 3. The van der Waals surface area contributed by atoms with Crippen LogP contribution in [0, 0.1) is 11.8 Å². The van der Waals surface area contributed by atoms with Crippen LogP contribution >= 0.6 is 0 Å². The largest absolute Gasteiger partial charge is 0.310 e. The molecule has 24 heavy (non-hydrogen) atoms. The highest BCUT2D eigenvalue weighted by molar-refractivity contribution is 5.78. The Balaban J connectivity index is 1.57. The maximum absolute atomic E-state index is 4.95. The summed E-state index contributed by atoms with van der Waals surface area (Å²) in [5, 5.41) is 9.92. The van der Waals surface area contributed by atoms with Crippen molar-refractivity contribution in [1.82, 2.24) is 20.0 Å². The lowest BCUT2D eigenvalue weighted by atomic mass is 9.92. The van der Waals surface area contributed by atoms with E-state index in [0.717, 1.165) is 24.5 Å². The average Bonchev–Trinajstić information content (AvgIpc) is 2.98. The van der Waals surface area contributed by atoms with E-state index >= 15 is 0 Å². The van der Waals surface area contributed by atoms with Crippen LogP contribution in [0.1, 0.15) is 50.8 Å². The van der Waals surface area contributed by atoms with Gasteiger partial charge in [0, 0.05) is 24.2 Å². The standard InChI is InChI=1S/C20H30N4/c1-14-4-7-18(21-11-14)16-5-6-17-13-24(22-19(17)10-16)20-8-9-23(3)12-15(20)2/h5-6,10,13-15,18,20-21H,4,7-9,11-12H2,1-3H3/t14-,15-,18+,20-/m0/s1. The summed E-state index contributed by atoms with van der Waals surface area (Å²) in [5.74, 6) is 1.45. The molecule has 3 heterocycles. The Kier molecular flexibility index (Phi) is 4.35. The van der Waals surface area contributed by atoms with Gasteiger partial charge in [0.05, 0.1) is 11.6 Å². The molecule has 2 aliphatic rings. The van der Waals surface area contributed by atoms with Gasteiger partial charge in [0.2, 0.25) is 0 Å². The highest BCUT2D eigenvalue weighted by atomic mass is 15.3. The first-order valence-electron chi connectivity index (χ1n) is 9.51. The van der Waals surface area contributed by atoms with Crippen LogP contribution in [-0.4, -0.2) is 41.4 Å². The average molecular weight is 326 g/mol. The molecular weight excluding hydrogens is 296 g/mol.